The van der Waals surface area contributed by atoms with Gasteiger partial charge in [0.2, 0.25) is 10.2 Å². The van der Waals surface area contributed by atoms with Crippen LogP contribution in [0.2, 0.25) is 5.28 Å². The Kier molecular flexibility index (Phi) is 3.56. The third kappa shape index (κ3) is 2.26. The fourth-order valence-electron chi connectivity index (χ4n) is 1.60. The number of fused-ring (bicyclic) bond motifs is 1. The Hall–Kier alpha value is -0.520. The van der Waals surface area contributed by atoms with E-state index in [0.29, 0.717) is 11.6 Å². The summed E-state index contributed by atoms with van der Waals surface area (Å²) in [6.45, 7) is 4.14. The Morgan fingerprint density at radius 3 is 3.00 bits per heavy atom. The maximum absolute atomic E-state index is 11.8. The summed E-state index contributed by atoms with van der Waals surface area (Å²) in [5, 5.41) is 3.46. The first-order valence-corrected chi connectivity index (χ1v) is 7.02. The molecule has 1 aromatic heterocycles. The smallest absolute Gasteiger partial charge is 0.224 e. The zero-order valence-corrected chi connectivity index (χ0v) is 10.9. The molecular weight excluding hydrogens is 246 g/mol. The molecule has 4 nitrogen and oxygen atoms in total. The molecule has 0 aromatic carbocycles. The minimum atomic E-state index is -0.982. The molecule has 0 saturated carbocycles. The molecule has 1 aromatic rings. The molecule has 1 N–H and O–H groups in total. The van der Waals surface area contributed by atoms with Gasteiger partial charge in [0.05, 0.1) is 0 Å². The normalized spacial score (nSPS) is 20.6. The zero-order chi connectivity index (χ0) is 11.7. The SMILES string of the molecule is CC[C@@H](C)Nc1nc(Cl)nc2c1[S+]([O-])CC2. The second kappa shape index (κ2) is 4.77. The van der Waals surface area contributed by atoms with Crippen LogP contribution in [-0.4, -0.2) is 26.3 Å². The van der Waals surface area contributed by atoms with E-state index in [2.05, 4.69) is 29.1 Å². The van der Waals surface area contributed by atoms with Crippen LogP contribution in [0.5, 0.6) is 0 Å². The predicted octanol–water partition coefficient (Wildman–Crippen LogP) is 2.00. The highest BCUT2D eigenvalue weighted by molar-refractivity contribution is 7.91. The van der Waals surface area contributed by atoms with Gasteiger partial charge in [0.25, 0.3) is 0 Å². The van der Waals surface area contributed by atoms with E-state index in [1.165, 1.54) is 0 Å². The number of aromatic nitrogens is 2. The van der Waals surface area contributed by atoms with E-state index in [9.17, 15) is 4.55 Å². The molecule has 6 heteroatoms. The first-order valence-electron chi connectivity index (χ1n) is 5.33. The molecule has 0 spiro atoms. The van der Waals surface area contributed by atoms with Gasteiger partial charge in [-0.3, -0.25) is 0 Å². The lowest BCUT2D eigenvalue weighted by Crippen LogP contribution is -2.17. The molecule has 2 heterocycles. The van der Waals surface area contributed by atoms with Crippen molar-refractivity contribution < 1.29 is 4.55 Å². The van der Waals surface area contributed by atoms with Crippen LogP contribution in [0.1, 0.15) is 26.0 Å². The number of nitrogens with zero attached hydrogens (tertiary/aromatic N) is 2. The standard InChI is InChI=1S/C10H14ClN3OS/c1-3-6(2)12-9-8-7(4-5-16(8)15)13-10(11)14-9/h6H,3-5H2,1-2H3,(H,12,13,14)/t6-,16?/m1/s1. The molecule has 0 fully saturated rings. The first kappa shape index (κ1) is 12.0. The molecular formula is C10H14ClN3OS. The van der Waals surface area contributed by atoms with Crippen molar-refractivity contribution in [2.45, 2.75) is 37.6 Å². The van der Waals surface area contributed by atoms with Crippen molar-refractivity contribution in [1.29, 1.82) is 0 Å². The van der Waals surface area contributed by atoms with Gasteiger partial charge in [0.15, 0.2) is 5.82 Å². The second-order valence-electron chi connectivity index (χ2n) is 3.87. The fraction of sp³-hybridized carbons (Fsp3) is 0.600. The van der Waals surface area contributed by atoms with Gasteiger partial charge in [0.1, 0.15) is 11.4 Å². The molecule has 88 valence electrons. The van der Waals surface area contributed by atoms with E-state index < -0.39 is 11.2 Å². The van der Waals surface area contributed by atoms with Gasteiger partial charge >= 0.3 is 0 Å². The number of nitrogens with one attached hydrogen (secondary N) is 1. The highest BCUT2D eigenvalue weighted by atomic mass is 35.5. The van der Waals surface area contributed by atoms with E-state index in [1.54, 1.807) is 0 Å². The third-order valence-corrected chi connectivity index (χ3v) is 4.28. The average Bonchev–Trinajstić information content (AvgIpc) is 2.60. The minimum absolute atomic E-state index is 0.225. The summed E-state index contributed by atoms with van der Waals surface area (Å²) in [5.74, 6) is 1.26. The van der Waals surface area contributed by atoms with E-state index in [0.717, 1.165) is 23.4 Å². The van der Waals surface area contributed by atoms with Crippen LogP contribution in [0, 0.1) is 0 Å². The largest absolute Gasteiger partial charge is 0.611 e. The van der Waals surface area contributed by atoms with Gasteiger partial charge in [0, 0.05) is 12.5 Å². The Morgan fingerprint density at radius 1 is 1.56 bits per heavy atom. The van der Waals surface area contributed by atoms with Crippen LogP contribution in [-0.2, 0) is 17.6 Å². The van der Waals surface area contributed by atoms with Gasteiger partial charge in [-0.25, -0.2) is 4.98 Å². The van der Waals surface area contributed by atoms with Crippen molar-refractivity contribution in [3.63, 3.8) is 0 Å². The van der Waals surface area contributed by atoms with E-state index in [4.69, 9.17) is 11.6 Å². The molecule has 16 heavy (non-hydrogen) atoms. The van der Waals surface area contributed by atoms with Gasteiger partial charge in [-0.2, -0.15) is 4.98 Å². The zero-order valence-electron chi connectivity index (χ0n) is 9.29. The monoisotopic (exact) mass is 259 g/mol. The van der Waals surface area contributed by atoms with Crippen LogP contribution in [0.15, 0.2) is 4.90 Å². The lowest BCUT2D eigenvalue weighted by atomic mass is 10.2. The maximum Gasteiger partial charge on any atom is 0.224 e. The number of anilines is 1. The summed E-state index contributed by atoms with van der Waals surface area (Å²) in [4.78, 5) is 8.99. The van der Waals surface area contributed by atoms with Gasteiger partial charge in [-0.15, -0.1) is 0 Å². The number of hydrogen-bond acceptors (Lipinski definition) is 4. The number of hydrogen-bond donors (Lipinski definition) is 1. The Balaban J connectivity index is 2.36. The van der Waals surface area contributed by atoms with Crippen molar-refractivity contribution in [1.82, 2.24) is 9.97 Å². The highest BCUT2D eigenvalue weighted by Crippen LogP contribution is 2.31. The number of aryl methyl sites for hydroxylation is 1. The van der Waals surface area contributed by atoms with Crippen LogP contribution in [0.3, 0.4) is 0 Å². The summed E-state index contributed by atoms with van der Waals surface area (Å²) in [7, 11) is 0. The Bertz CT molecular complexity index is 402. The minimum Gasteiger partial charge on any atom is -0.611 e. The second-order valence-corrected chi connectivity index (χ2v) is 5.72. The van der Waals surface area contributed by atoms with Crippen molar-refractivity contribution in [3.05, 3.63) is 11.0 Å². The fourth-order valence-corrected chi connectivity index (χ4v) is 3.10. The molecule has 0 aliphatic carbocycles. The van der Waals surface area contributed by atoms with Crippen LogP contribution in [0.25, 0.3) is 0 Å². The van der Waals surface area contributed by atoms with Crippen LogP contribution < -0.4 is 5.32 Å². The summed E-state index contributed by atoms with van der Waals surface area (Å²) in [6, 6.07) is 0.285. The molecule has 2 atom stereocenters. The lowest BCUT2D eigenvalue weighted by molar-refractivity contribution is 0.598. The van der Waals surface area contributed by atoms with Gasteiger partial charge < -0.3 is 9.87 Å². The van der Waals surface area contributed by atoms with Gasteiger partial charge in [-0.1, -0.05) is 6.92 Å². The van der Waals surface area contributed by atoms with E-state index in [1.807, 2.05) is 0 Å². The van der Waals surface area contributed by atoms with E-state index in [-0.39, 0.29) is 11.3 Å². The molecule has 1 aliphatic heterocycles. The first-order chi connectivity index (χ1) is 7.61. The maximum atomic E-state index is 11.8. The average molecular weight is 260 g/mol. The summed E-state index contributed by atoms with van der Waals surface area (Å²) >= 11 is 4.86. The summed E-state index contributed by atoms with van der Waals surface area (Å²) < 4.78 is 11.8. The lowest BCUT2D eigenvalue weighted by Gasteiger charge is -2.14. The van der Waals surface area contributed by atoms with Crippen molar-refractivity contribution in [2.75, 3.05) is 11.1 Å². The molecule has 0 saturated heterocycles. The molecule has 2 rings (SSSR count). The van der Waals surface area contributed by atoms with Crippen LogP contribution >= 0.6 is 11.6 Å². The Labute approximate surface area is 103 Å². The van der Waals surface area contributed by atoms with E-state index >= 15 is 0 Å². The molecule has 1 unspecified atom stereocenters. The summed E-state index contributed by atoms with van der Waals surface area (Å²) in [5.41, 5.74) is 0.823. The molecule has 0 amide bonds. The Morgan fingerprint density at radius 2 is 2.31 bits per heavy atom. The van der Waals surface area contributed by atoms with Crippen LogP contribution in [0.4, 0.5) is 5.82 Å². The topological polar surface area (TPSA) is 60.9 Å². The highest BCUT2D eigenvalue weighted by Gasteiger charge is 2.31. The van der Waals surface area contributed by atoms with Crippen molar-refractivity contribution >= 4 is 28.6 Å². The molecule has 0 bridgehead atoms. The molecule has 1 aliphatic rings. The molecule has 0 radical (unpaired) electrons. The number of rotatable bonds is 3. The van der Waals surface area contributed by atoms with Crippen molar-refractivity contribution in [2.24, 2.45) is 0 Å². The van der Waals surface area contributed by atoms with Crippen molar-refractivity contribution in [3.8, 4) is 0 Å². The quantitative estimate of drug-likeness (QED) is 0.666. The predicted molar refractivity (Wildman–Crippen MR) is 65.4 cm³/mol. The third-order valence-electron chi connectivity index (χ3n) is 2.66. The number of halogens is 1. The summed E-state index contributed by atoms with van der Waals surface area (Å²) in [6.07, 6.45) is 1.70. The van der Waals surface area contributed by atoms with Gasteiger partial charge in [-0.05, 0) is 36.1 Å².